The molecule has 0 aliphatic rings. The van der Waals surface area contributed by atoms with Gasteiger partial charge in [0.05, 0.1) is 0 Å². The molecular weight excluding hydrogens is 208 g/mol. The fourth-order valence-corrected chi connectivity index (χ4v) is 1.75. The lowest BCUT2D eigenvalue weighted by molar-refractivity contribution is 0.706. The van der Waals surface area contributed by atoms with E-state index in [1.54, 1.807) is 0 Å². The normalized spacial score (nSPS) is 12.6. The number of benzene rings is 1. The molecule has 1 aromatic carbocycles. The average molecular weight is 224 g/mol. The molecule has 0 aliphatic heterocycles. The topological polar surface area (TPSA) is 0 Å². The summed E-state index contributed by atoms with van der Waals surface area (Å²) in [5.74, 6) is 0.395. The van der Waals surface area contributed by atoms with Crippen LogP contribution in [0.25, 0.3) is 0 Å². The summed E-state index contributed by atoms with van der Waals surface area (Å²) in [5.41, 5.74) is 2.51. The number of hydrogen-bond donors (Lipinski definition) is 2. The van der Waals surface area contributed by atoms with Gasteiger partial charge in [-0.2, -0.15) is 0 Å². The van der Waals surface area contributed by atoms with E-state index in [9.17, 15) is 0 Å². The van der Waals surface area contributed by atoms with Gasteiger partial charge in [0.1, 0.15) is 0 Å². The number of thiol groups is 2. The quantitative estimate of drug-likeness (QED) is 0.715. The molecule has 0 aromatic heterocycles. The van der Waals surface area contributed by atoms with E-state index in [2.05, 4.69) is 63.9 Å². The van der Waals surface area contributed by atoms with Crippen LogP contribution in [0.3, 0.4) is 0 Å². The van der Waals surface area contributed by atoms with E-state index in [4.69, 9.17) is 0 Å². The van der Waals surface area contributed by atoms with Crippen molar-refractivity contribution in [1.29, 1.82) is 0 Å². The third-order valence-electron chi connectivity index (χ3n) is 2.34. The van der Waals surface area contributed by atoms with Crippen molar-refractivity contribution < 1.29 is 0 Å². The second kappa shape index (κ2) is 4.94. The first-order valence-electron chi connectivity index (χ1n) is 4.67. The Hall–Kier alpha value is -0.340. The summed E-state index contributed by atoms with van der Waals surface area (Å²) < 4.78 is 0. The van der Waals surface area contributed by atoms with Crippen LogP contribution in [0.2, 0.25) is 0 Å². The molecule has 14 heavy (non-hydrogen) atoms. The molecule has 0 amide bonds. The summed E-state index contributed by atoms with van der Waals surface area (Å²) in [6.07, 6.45) is 0.960. The minimum Gasteiger partial charge on any atom is -0.148 e. The molecule has 1 unspecified atom stereocenters. The van der Waals surface area contributed by atoms with Gasteiger partial charge in [0.25, 0.3) is 0 Å². The smallest absolute Gasteiger partial charge is 0.00748 e. The van der Waals surface area contributed by atoms with Crippen LogP contribution in [-0.4, -0.2) is 0 Å². The largest absolute Gasteiger partial charge is 0.148 e. The first-order valence-corrected chi connectivity index (χ1v) is 5.56. The number of allylic oxidation sites excluding steroid dienone is 1. The summed E-state index contributed by atoms with van der Waals surface area (Å²) in [4.78, 5) is 1.99. The molecular formula is C12H16S2. The molecule has 0 bridgehead atoms. The molecule has 1 aromatic rings. The molecule has 0 saturated heterocycles. The monoisotopic (exact) mass is 224 g/mol. The van der Waals surface area contributed by atoms with Crippen LogP contribution in [0, 0.1) is 12.8 Å². The minimum absolute atomic E-state index is 0.395. The van der Waals surface area contributed by atoms with Gasteiger partial charge >= 0.3 is 0 Å². The predicted molar refractivity (Wildman–Crippen MR) is 69.4 cm³/mol. The van der Waals surface area contributed by atoms with E-state index in [1.165, 1.54) is 11.1 Å². The Bertz CT molecular complexity index is 342. The van der Waals surface area contributed by atoms with Gasteiger partial charge in [-0.1, -0.05) is 31.2 Å². The lowest BCUT2D eigenvalue weighted by Gasteiger charge is -2.12. The maximum absolute atomic E-state index is 4.46. The lowest BCUT2D eigenvalue weighted by Crippen LogP contribution is -2.00. The first kappa shape index (κ1) is 11.7. The highest BCUT2D eigenvalue weighted by atomic mass is 32.1. The van der Waals surface area contributed by atoms with E-state index in [-0.39, 0.29) is 0 Å². The van der Waals surface area contributed by atoms with E-state index in [0.29, 0.717) is 5.92 Å². The van der Waals surface area contributed by atoms with E-state index >= 15 is 0 Å². The van der Waals surface area contributed by atoms with Crippen LogP contribution < -0.4 is 0 Å². The summed E-state index contributed by atoms with van der Waals surface area (Å²) in [6.45, 7) is 8.04. The SMILES string of the molecule is C=C(S)C(C)Cc1ccc(C)cc1S. The van der Waals surface area contributed by atoms with E-state index < -0.39 is 0 Å². The van der Waals surface area contributed by atoms with Crippen molar-refractivity contribution in [2.75, 3.05) is 0 Å². The van der Waals surface area contributed by atoms with Gasteiger partial charge in [-0.25, -0.2) is 0 Å². The van der Waals surface area contributed by atoms with Gasteiger partial charge in [-0.15, -0.1) is 25.3 Å². The molecule has 1 rings (SSSR count). The molecule has 0 nitrogen and oxygen atoms in total. The Morgan fingerprint density at radius 1 is 1.50 bits per heavy atom. The van der Waals surface area contributed by atoms with Crippen molar-refractivity contribution in [2.45, 2.75) is 25.2 Å². The van der Waals surface area contributed by atoms with Crippen molar-refractivity contribution in [3.8, 4) is 0 Å². The Morgan fingerprint density at radius 2 is 2.14 bits per heavy atom. The molecule has 0 spiro atoms. The van der Waals surface area contributed by atoms with Crippen LogP contribution >= 0.6 is 25.3 Å². The zero-order valence-corrected chi connectivity index (χ0v) is 10.4. The van der Waals surface area contributed by atoms with Crippen molar-refractivity contribution in [3.05, 3.63) is 40.8 Å². The summed E-state index contributed by atoms with van der Waals surface area (Å²) >= 11 is 8.71. The maximum atomic E-state index is 4.46. The van der Waals surface area contributed by atoms with Crippen LogP contribution in [0.5, 0.6) is 0 Å². The first-order chi connectivity index (χ1) is 6.50. The predicted octanol–water partition coefficient (Wildman–Crippen LogP) is 3.91. The van der Waals surface area contributed by atoms with Crippen molar-refractivity contribution in [1.82, 2.24) is 0 Å². The highest BCUT2D eigenvalue weighted by molar-refractivity contribution is 7.84. The van der Waals surface area contributed by atoms with Gasteiger partial charge in [0.15, 0.2) is 0 Å². The van der Waals surface area contributed by atoms with Gasteiger partial charge in [-0.05, 0) is 35.8 Å². The van der Waals surface area contributed by atoms with Crippen molar-refractivity contribution in [3.63, 3.8) is 0 Å². The molecule has 0 saturated carbocycles. The third-order valence-corrected chi connectivity index (χ3v) is 3.19. The van der Waals surface area contributed by atoms with Crippen LogP contribution in [0.1, 0.15) is 18.1 Å². The second-order valence-electron chi connectivity index (χ2n) is 3.73. The highest BCUT2D eigenvalue weighted by Gasteiger charge is 2.07. The van der Waals surface area contributed by atoms with Crippen LogP contribution in [0.15, 0.2) is 34.6 Å². The summed E-state index contributed by atoms with van der Waals surface area (Å²) in [5, 5.41) is 0. The van der Waals surface area contributed by atoms with E-state index in [1.807, 2.05) is 0 Å². The molecule has 1 atom stereocenters. The van der Waals surface area contributed by atoms with E-state index in [0.717, 1.165) is 16.2 Å². The Balaban J connectivity index is 2.82. The molecule has 0 radical (unpaired) electrons. The second-order valence-corrected chi connectivity index (χ2v) is 4.78. The Labute approximate surface area is 97.2 Å². The Morgan fingerprint density at radius 3 is 2.64 bits per heavy atom. The van der Waals surface area contributed by atoms with Crippen LogP contribution in [-0.2, 0) is 6.42 Å². The molecule has 0 N–H and O–H groups in total. The van der Waals surface area contributed by atoms with Gasteiger partial charge in [-0.3, -0.25) is 0 Å². The maximum Gasteiger partial charge on any atom is 0.00748 e. The molecule has 2 heteroatoms. The molecule has 0 heterocycles. The lowest BCUT2D eigenvalue weighted by atomic mass is 10.00. The molecule has 76 valence electrons. The standard InChI is InChI=1S/C12H16S2/c1-8-4-5-11(12(14)6-8)7-9(2)10(3)13/h4-6,9,13-14H,3,7H2,1-2H3. The summed E-state index contributed by atoms with van der Waals surface area (Å²) in [6, 6.07) is 6.33. The van der Waals surface area contributed by atoms with Gasteiger partial charge < -0.3 is 0 Å². The number of rotatable bonds is 3. The van der Waals surface area contributed by atoms with Crippen molar-refractivity contribution >= 4 is 25.3 Å². The fourth-order valence-electron chi connectivity index (χ4n) is 1.29. The highest BCUT2D eigenvalue weighted by Crippen LogP contribution is 2.23. The third kappa shape index (κ3) is 3.10. The summed E-state index contributed by atoms with van der Waals surface area (Å²) in [7, 11) is 0. The Kier molecular flexibility index (Phi) is 4.14. The zero-order chi connectivity index (χ0) is 10.7. The van der Waals surface area contributed by atoms with Gasteiger partial charge in [0.2, 0.25) is 0 Å². The zero-order valence-electron chi connectivity index (χ0n) is 8.62. The number of aryl methyl sites for hydroxylation is 1. The average Bonchev–Trinajstić information content (AvgIpc) is 2.09. The molecule has 0 fully saturated rings. The van der Waals surface area contributed by atoms with Crippen LogP contribution in [0.4, 0.5) is 0 Å². The van der Waals surface area contributed by atoms with Crippen molar-refractivity contribution in [2.24, 2.45) is 5.92 Å². The minimum atomic E-state index is 0.395. The fraction of sp³-hybridized carbons (Fsp3) is 0.333. The molecule has 0 aliphatic carbocycles. The number of hydrogen-bond acceptors (Lipinski definition) is 2. The van der Waals surface area contributed by atoms with Gasteiger partial charge in [0, 0.05) is 4.90 Å².